The molecule has 0 bridgehead atoms. The number of methoxy groups -OCH3 is 1. The van der Waals surface area contributed by atoms with Crippen molar-refractivity contribution >= 4 is 34.8 Å². The Kier molecular flexibility index (Phi) is 6.36. The number of benzene rings is 2. The summed E-state index contributed by atoms with van der Waals surface area (Å²) in [5.41, 5.74) is 9.69. The Labute approximate surface area is 166 Å². The van der Waals surface area contributed by atoms with E-state index >= 15 is 0 Å². The Morgan fingerprint density at radius 1 is 1.19 bits per heavy atom. The summed E-state index contributed by atoms with van der Waals surface area (Å²) in [5, 5.41) is 2.92. The van der Waals surface area contributed by atoms with Gasteiger partial charge in [0.1, 0.15) is 10.8 Å². The standard InChI is InChI=1S/C20H20N2O3S2/c1-3-25-19(23)12-26-18-9-6-14(10-16(18)21)20-22-17(11-27-20)13-4-7-15(24-2)8-5-13/h4-11H,3,12,21H2,1-2H3. The first-order valence-electron chi connectivity index (χ1n) is 8.39. The lowest BCUT2D eigenvalue weighted by Gasteiger charge is -2.07. The maximum absolute atomic E-state index is 11.5. The van der Waals surface area contributed by atoms with Gasteiger partial charge < -0.3 is 15.2 Å². The number of ether oxygens (including phenoxy) is 2. The molecule has 0 radical (unpaired) electrons. The Morgan fingerprint density at radius 2 is 1.93 bits per heavy atom. The highest BCUT2D eigenvalue weighted by atomic mass is 32.2. The molecule has 1 heterocycles. The summed E-state index contributed by atoms with van der Waals surface area (Å²) in [4.78, 5) is 17.1. The average Bonchev–Trinajstić information content (AvgIpc) is 3.17. The number of nitrogen functional groups attached to an aromatic ring is 1. The van der Waals surface area contributed by atoms with Crippen LogP contribution in [-0.4, -0.2) is 30.4 Å². The summed E-state index contributed by atoms with van der Waals surface area (Å²) in [6.07, 6.45) is 0. The number of thiazole rings is 1. The van der Waals surface area contributed by atoms with Crippen LogP contribution in [0.3, 0.4) is 0 Å². The first-order chi connectivity index (χ1) is 13.1. The highest BCUT2D eigenvalue weighted by Gasteiger charge is 2.11. The van der Waals surface area contributed by atoms with Crippen molar-refractivity contribution in [3.8, 4) is 27.6 Å². The number of carbonyl (C=O) groups excluding carboxylic acids is 1. The molecule has 27 heavy (non-hydrogen) atoms. The van der Waals surface area contributed by atoms with Crippen molar-refractivity contribution in [3.63, 3.8) is 0 Å². The Morgan fingerprint density at radius 3 is 2.59 bits per heavy atom. The minimum Gasteiger partial charge on any atom is -0.497 e. The smallest absolute Gasteiger partial charge is 0.316 e. The zero-order valence-electron chi connectivity index (χ0n) is 15.1. The van der Waals surface area contributed by atoms with Crippen molar-refractivity contribution in [2.24, 2.45) is 0 Å². The second-order valence-corrected chi connectivity index (χ2v) is 7.49. The van der Waals surface area contributed by atoms with Crippen LogP contribution in [0.1, 0.15) is 6.92 Å². The lowest BCUT2D eigenvalue weighted by molar-refractivity contribution is -0.139. The third kappa shape index (κ3) is 4.81. The van der Waals surface area contributed by atoms with E-state index in [2.05, 4.69) is 0 Å². The van der Waals surface area contributed by atoms with Crippen LogP contribution in [0.15, 0.2) is 52.7 Å². The molecule has 3 aromatic rings. The molecule has 0 spiro atoms. The lowest BCUT2D eigenvalue weighted by Crippen LogP contribution is -2.06. The van der Waals surface area contributed by atoms with Crippen LogP contribution in [0.2, 0.25) is 0 Å². The van der Waals surface area contributed by atoms with Gasteiger partial charge in [-0.25, -0.2) is 4.98 Å². The molecule has 0 saturated carbocycles. The van der Waals surface area contributed by atoms with Crippen molar-refractivity contribution < 1.29 is 14.3 Å². The van der Waals surface area contributed by atoms with Gasteiger partial charge >= 0.3 is 5.97 Å². The van der Waals surface area contributed by atoms with Crippen molar-refractivity contribution in [1.29, 1.82) is 0 Å². The van der Waals surface area contributed by atoms with E-state index in [4.69, 9.17) is 20.2 Å². The molecule has 0 aliphatic heterocycles. The van der Waals surface area contributed by atoms with Gasteiger partial charge in [-0.15, -0.1) is 23.1 Å². The zero-order chi connectivity index (χ0) is 19.2. The maximum Gasteiger partial charge on any atom is 0.316 e. The molecule has 140 valence electrons. The molecule has 0 aliphatic rings. The molecular formula is C20H20N2O3S2. The first kappa shape index (κ1) is 19.3. The first-order valence-corrected chi connectivity index (χ1v) is 10.3. The summed E-state index contributed by atoms with van der Waals surface area (Å²) in [6.45, 7) is 2.17. The summed E-state index contributed by atoms with van der Waals surface area (Å²) >= 11 is 2.94. The van der Waals surface area contributed by atoms with Crippen molar-refractivity contribution in [2.75, 3.05) is 25.2 Å². The average molecular weight is 401 g/mol. The predicted molar refractivity (Wildman–Crippen MR) is 111 cm³/mol. The molecule has 0 fully saturated rings. The molecule has 7 heteroatoms. The summed E-state index contributed by atoms with van der Waals surface area (Å²) in [7, 11) is 1.65. The van der Waals surface area contributed by atoms with Crippen LogP contribution in [0.5, 0.6) is 5.75 Å². The number of hydrogen-bond acceptors (Lipinski definition) is 7. The van der Waals surface area contributed by atoms with Crippen LogP contribution >= 0.6 is 23.1 Å². The predicted octanol–water partition coefficient (Wildman–Crippen LogP) is 4.72. The van der Waals surface area contributed by atoms with E-state index in [1.54, 1.807) is 25.4 Å². The zero-order valence-corrected chi connectivity index (χ0v) is 16.7. The largest absolute Gasteiger partial charge is 0.497 e. The maximum atomic E-state index is 11.5. The van der Waals surface area contributed by atoms with Crippen LogP contribution in [0.25, 0.3) is 21.8 Å². The highest BCUT2D eigenvalue weighted by molar-refractivity contribution is 8.00. The van der Waals surface area contributed by atoms with E-state index in [0.29, 0.717) is 12.3 Å². The molecule has 3 rings (SSSR count). The molecule has 2 N–H and O–H groups in total. The number of nitrogens with zero attached hydrogens (tertiary/aromatic N) is 1. The van der Waals surface area contributed by atoms with E-state index in [9.17, 15) is 4.79 Å². The molecule has 0 amide bonds. The summed E-state index contributed by atoms with van der Waals surface area (Å²) in [6, 6.07) is 13.6. The number of rotatable bonds is 7. The number of carbonyl (C=O) groups is 1. The Hall–Kier alpha value is -2.51. The van der Waals surface area contributed by atoms with Crippen molar-refractivity contribution in [1.82, 2.24) is 4.98 Å². The van der Waals surface area contributed by atoms with Gasteiger partial charge in [-0.05, 0) is 43.3 Å². The Balaban J connectivity index is 1.74. The minimum absolute atomic E-state index is 0.241. The number of esters is 1. The van der Waals surface area contributed by atoms with Gasteiger partial charge in [0.25, 0.3) is 0 Å². The van der Waals surface area contributed by atoms with E-state index < -0.39 is 0 Å². The van der Waals surface area contributed by atoms with Gasteiger partial charge in [-0.1, -0.05) is 6.07 Å². The summed E-state index contributed by atoms with van der Waals surface area (Å²) in [5.74, 6) is 0.823. The Bertz CT molecular complexity index is 923. The quantitative estimate of drug-likeness (QED) is 0.351. The van der Waals surface area contributed by atoms with E-state index in [1.807, 2.05) is 47.8 Å². The van der Waals surface area contributed by atoms with Crippen LogP contribution in [0, 0.1) is 0 Å². The van der Waals surface area contributed by atoms with E-state index in [0.717, 1.165) is 32.5 Å². The third-order valence-corrected chi connectivity index (χ3v) is 5.75. The van der Waals surface area contributed by atoms with Crippen LogP contribution in [0.4, 0.5) is 5.69 Å². The van der Waals surface area contributed by atoms with Gasteiger partial charge in [0.05, 0.1) is 25.2 Å². The molecule has 0 unspecified atom stereocenters. The SMILES string of the molecule is CCOC(=O)CSc1ccc(-c2nc(-c3ccc(OC)cc3)cs2)cc1N. The fourth-order valence-electron chi connectivity index (χ4n) is 2.45. The number of aromatic nitrogens is 1. The fraction of sp³-hybridized carbons (Fsp3) is 0.200. The molecular weight excluding hydrogens is 380 g/mol. The molecule has 5 nitrogen and oxygen atoms in total. The van der Waals surface area contributed by atoms with Gasteiger partial charge in [-0.2, -0.15) is 0 Å². The number of nitrogens with two attached hydrogens (primary N) is 1. The summed E-state index contributed by atoms with van der Waals surface area (Å²) < 4.78 is 10.1. The number of anilines is 1. The monoisotopic (exact) mass is 400 g/mol. The molecule has 0 saturated heterocycles. The molecule has 0 atom stereocenters. The second kappa shape index (κ2) is 8.92. The van der Waals surface area contributed by atoms with Crippen molar-refractivity contribution in [2.45, 2.75) is 11.8 Å². The van der Waals surface area contributed by atoms with Gasteiger partial charge in [-0.3, -0.25) is 4.79 Å². The molecule has 1 aromatic heterocycles. The van der Waals surface area contributed by atoms with Gasteiger partial charge in [0.2, 0.25) is 0 Å². The number of thioether (sulfide) groups is 1. The van der Waals surface area contributed by atoms with Gasteiger partial charge in [0, 0.05) is 27.1 Å². The lowest BCUT2D eigenvalue weighted by atomic mass is 10.1. The minimum atomic E-state index is -0.241. The van der Waals surface area contributed by atoms with E-state index in [-0.39, 0.29) is 11.7 Å². The topological polar surface area (TPSA) is 74.4 Å². The molecule has 2 aromatic carbocycles. The van der Waals surface area contributed by atoms with Crippen LogP contribution in [-0.2, 0) is 9.53 Å². The fourth-order valence-corrected chi connectivity index (χ4v) is 4.03. The van der Waals surface area contributed by atoms with Crippen molar-refractivity contribution in [3.05, 3.63) is 47.8 Å². The highest BCUT2D eigenvalue weighted by Crippen LogP contribution is 2.33. The normalized spacial score (nSPS) is 10.6. The van der Waals surface area contributed by atoms with Crippen LogP contribution < -0.4 is 10.5 Å². The van der Waals surface area contributed by atoms with E-state index in [1.165, 1.54) is 11.8 Å². The second-order valence-electron chi connectivity index (χ2n) is 5.61. The molecule has 0 aliphatic carbocycles. The third-order valence-electron chi connectivity index (χ3n) is 3.80. The number of hydrogen-bond donors (Lipinski definition) is 1. The van der Waals surface area contributed by atoms with Gasteiger partial charge in [0.15, 0.2) is 0 Å².